The zero-order chi connectivity index (χ0) is 18.1. The van der Waals surface area contributed by atoms with E-state index in [1.807, 2.05) is 0 Å². The Labute approximate surface area is 162 Å². The molecule has 0 aliphatic rings. The summed E-state index contributed by atoms with van der Waals surface area (Å²) in [5.41, 5.74) is -1.64. The van der Waals surface area contributed by atoms with E-state index < -0.39 is 42.8 Å². The molecule has 13 heteroatoms. The zero-order valence-electron chi connectivity index (χ0n) is 12.5. The second kappa shape index (κ2) is 7.76. The number of nitrogens with zero attached hydrogens (tertiary/aromatic N) is 3. The number of hydrogen-bond donors (Lipinski definition) is 3. The molecule has 0 saturated heterocycles. The maximum Gasteiger partial charge on any atom is 1.00 e. The van der Waals surface area contributed by atoms with Crippen molar-refractivity contribution in [1.82, 2.24) is 0 Å². The molecule has 126 valence electrons. The molecular formula is C12H8N3NaO8S. The van der Waals surface area contributed by atoms with E-state index in [-0.39, 0.29) is 41.0 Å². The average molecular weight is 377 g/mol. The van der Waals surface area contributed by atoms with Crippen LogP contribution >= 0.6 is 0 Å². The molecule has 0 amide bonds. The molecule has 0 bridgehead atoms. The topological polar surface area (TPSA) is 186 Å². The standard InChI is InChI=1S/C12H9N3O8S.Na/c16-7-1-2-8(10(17)5-7)13-14-9-3-6(15(19)20)4-11(12(9)18)24(21,22)23;/h1-5,16-18H,(H,21,22,23);/q;+1/p-1. The Bertz CT molecular complexity index is 961. The Morgan fingerprint density at radius 2 is 1.60 bits per heavy atom. The van der Waals surface area contributed by atoms with Crippen molar-refractivity contribution in [2.75, 3.05) is 0 Å². The molecule has 0 atom stereocenters. The molecule has 0 unspecified atom stereocenters. The predicted molar refractivity (Wildman–Crippen MR) is 76.7 cm³/mol. The molecule has 0 aromatic heterocycles. The normalized spacial score (nSPS) is 11.2. The first-order valence-corrected chi connectivity index (χ1v) is 7.41. The van der Waals surface area contributed by atoms with Crippen LogP contribution in [-0.2, 0) is 10.1 Å². The number of rotatable bonds is 4. The van der Waals surface area contributed by atoms with Gasteiger partial charge in [-0.05, 0) is 12.1 Å². The van der Waals surface area contributed by atoms with Gasteiger partial charge in [0.15, 0.2) is 5.75 Å². The van der Waals surface area contributed by atoms with Gasteiger partial charge in [-0.3, -0.25) is 10.1 Å². The molecule has 2 aromatic rings. The van der Waals surface area contributed by atoms with Crippen LogP contribution in [0.5, 0.6) is 17.2 Å². The number of phenols is 3. The van der Waals surface area contributed by atoms with Crippen LogP contribution < -0.4 is 29.6 Å². The fourth-order valence-electron chi connectivity index (χ4n) is 1.66. The number of azo groups is 1. The molecule has 0 fully saturated rings. The van der Waals surface area contributed by atoms with Crippen LogP contribution in [-0.4, -0.2) is 33.2 Å². The van der Waals surface area contributed by atoms with E-state index >= 15 is 0 Å². The van der Waals surface area contributed by atoms with Crippen LogP contribution in [0.25, 0.3) is 0 Å². The molecule has 2 rings (SSSR count). The van der Waals surface area contributed by atoms with Crippen molar-refractivity contribution in [1.29, 1.82) is 0 Å². The van der Waals surface area contributed by atoms with E-state index in [1.165, 1.54) is 0 Å². The summed E-state index contributed by atoms with van der Waals surface area (Å²) in [6.07, 6.45) is 0. The van der Waals surface area contributed by atoms with Gasteiger partial charge >= 0.3 is 29.6 Å². The van der Waals surface area contributed by atoms with Gasteiger partial charge in [0.2, 0.25) is 0 Å². The van der Waals surface area contributed by atoms with E-state index in [0.29, 0.717) is 12.1 Å². The Kier molecular flexibility index (Phi) is 6.45. The van der Waals surface area contributed by atoms with Gasteiger partial charge in [0, 0.05) is 18.2 Å². The van der Waals surface area contributed by atoms with E-state index in [4.69, 9.17) is 5.11 Å². The van der Waals surface area contributed by atoms with Gasteiger partial charge in [-0.25, -0.2) is 8.42 Å². The third-order valence-electron chi connectivity index (χ3n) is 2.74. The Hall–Kier alpha value is -2.25. The SMILES string of the molecule is O=[N+]([O-])c1cc(N=Nc2ccc(O)cc2O)c(O)c(S(=O)(=O)[O-])c1.[Na+]. The Morgan fingerprint density at radius 3 is 2.12 bits per heavy atom. The summed E-state index contributed by atoms with van der Waals surface area (Å²) in [7, 11) is -5.20. The van der Waals surface area contributed by atoms with E-state index in [1.54, 1.807) is 0 Å². The van der Waals surface area contributed by atoms with Crippen molar-refractivity contribution < 1.29 is 62.8 Å². The summed E-state index contributed by atoms with van der Waals surface area (Å²) >= 11 is 0. The maximum absolute atomic E-state index is 11.1. The van der Waals surface area contributed by atoms with Crippen LogP contribution in [0.3, 0.4) is 0 Å². The molecular weight excluding hydrogens is 369 g/mol. The van der Waals surface area contributed by atoms with Crippen molar-refractivity contribution in [2.24, 2.45) is 10.2 Å². The van der Waals surface area contributed by atoms with Crippen LogP contribution in [0.4, 0.5) is 17.1 Å². The van der Waals surface area contributed by atoms with Crippen LogP contribution in [0, 0.1) is 10.1 Å². The zero-order valence-corrected chi connectivity index (χ0v) is 15.3. The molecule has 11 nitrogen and oxygen atoms in total. The molecule has 0 aliphatic heterocycles. The molecule has 3 N–H and O–H groups in total. The van der Waals surface area contributed by atoms with Gasteiger partial charge in [0.1, 0.15) is 37.9 Å². The van der Waals surface area contributed by atoms with Gasteiger partial charge < -0.3 is 19.9 Å². The third-order valence-corrected chi connectivity index (χ3v) is 3.59. The number of non-ortho nitro benzene ring substituents is 1. The second-order valence-electron chi connectivity index (χ2n) is 4.40. The first-order chi connectivity index (χ1) is 11.1. The molecule has 2 aromatic carbocycles. The van der Waals surface area contributed by atoms with Crippen molar-refractivity contribution in [2.45, 2.75) is 4.90 Å². The second-order valence-corrected chi connectivity index (χ2v) is 5.74. The van der Waals surface area contributed by atoms with Crippen LogP contribution in [0.15, 0.2) is 45.5 Å². The summed E-state index contributed by atoms with van der Waals surface area (Å²) in [5, 5.41) is 46.1. The fourth-order valence-corrected chi connectivity index (χ4v) is 2.26. The minimum absolute atomic E-state index is 0. The largest absolute Gasteiger partial charge is 1.00 e. The van der Waals surface area contributed by atoms with Crippen LogP contribution in [0.2, 0.25) is 0 Å². The monoisotopic (exact) mass is 377 g/mol. The molecule has 0 radical (unpaired) electrons. The molecule has 0 aliphatic carbocycles. The number of hydrogen-bond acceptors (Lipinski definition) is 10. The molecule has 0 saturated carbocycles. The van der Waals surface area contributed by atoms with Crippen molar-refractivity contribution in [3.8, 4) is 17.2 Å². The van der Waals surface area contributed by atoms with Gasteiger partial charge in [-0.2, -0.15) is 0 Å². The molecule has 0 heterocycles. The minimum Gasteiger partial charge on any atom is -0.744 e. The van der Waals surface area contributed by atoms with E-state index in [9.17, 15) is 33.3 Å². The van der Waals surface area contributed by atoms with Crippen molar-refractivity contribution in [3.63, 3.8) is 0 Å². The summed E-state index contributed by atoms with van der Waals surface area (Å²) in [4.78, 5) is 8.59. The minimum atomic E-state index is -5.20. The number of benzene rings is 2. The van der Waals surface area contributed by atoms with Crippen LogP contribution in [0.1, 0.15) is 0 Å². The smallest absolute Gasteiger partial charge is 0.744 e. The quantitative estimate of drug-likeness (QED) is 0.200. The van der Waals surface area contributed by atoms with E-state index in [2.05, 4.69) is 10.2 Å². The van der Waals surface area contributed by atoms with Gasteiger partial charge in [-0.1, -0.05) is 0 Å². The molecule has 25 heavy (non-hydrogen) atoms. The van der Waals surface area contributed by atoms with Gasteiger partial charge in [0.05, 0.1) is 4.92 Å². The van der Waals surface area contributed by atoms with Crippen molar-refractivity contribution in [3.05, 3.63) is 40.4 Å². The summed E-state index contributed by atoms with van der Waals surface area (Å²) in [6.45, 7) is 0. The third kappa shape index (κ3) is 4.87. The number of aromatic hydroxyl groups is 3. The number of phenolic OH excluding ortho intramolecular Hbond substituents is 3. The summed E-state index contributed by atoms with van der Waals surface area (Å²) in [5.74, 6) is -1.86. The Morgan fingerprint density at radius 1 is 1.00 bits per heavy atom. The fraction of sp³-hybridized carbons (Fsp3) is 0. The Balaban J connectivity index is 0.00000312. The number of nitro benzene ring substituents is 1. The maximum atomic E-state index is 11.1. The summed E-state index contributed by atoms with van der Waals surface area (Å²) in [6, 6.07) is 4.34. The average Bonchev–Trinajstić information content (AvgIpc) is 2.46. The number of nitro groups is 1. The summed E-state index contributed by atoms with van der Waals surface area (Å²) < 4.78 is 33.2. The predicted octanol–water partition coefficient (Wildman–Crippen LogP) is -0.965. The first kappa shape index (κ1) is 20.8. The van der Waals surface area contributed by atoms with Gasteiger partial charge in [0.25, 0.3) is 5.69 Å². The molecule has 0 spiro atoms. The first-order valence-electron chi connectivity index (χ1n) is 6.00. The van der Waals surface area contributed by atoms with Gasteiger partial charge in [-0.15, -0.1) is 10.2 Å². The van der Waals surface area contributed by atoms with E-state index in [0.717, 1.165) is 18.2 Å². The van der Waals surface area contributed by atoms with Crippen molar-refractivity contribution >= 4 is 27.2 Å².